The molecule has 1 heterocycles. The molecular formula is C15H31N3O2. The van der Waals surface area contributed by atoms with Crippen LogP contribution in [0.5, 0.6) is 0 Å². The molecule has 20 heavy (non-hydrogen) atoms. The van der Waals surface area contributed by atoms with Crippen molar-refractivity contribution in [3.8, 4) is 0 Å². The number of rotatable bonds is 8. The number of ether oxygens (including phenoxy) is 1. The minimum absolute atomic E-state index is 0.0864. The van der Waals surface area contributed by atoms with Crippen LogP contribution in [0.4, 0.5) is 0 Å². The standard InChI is InChI=1S/C15H31N3O2/c1-4-17(5-2)12-13-6-9-18(10-7-13)15(19)14(16)8-11-20-3/h13-14H,4-12,16H2,1-3H3. The Morgan fingerprint density at radius 2 is 1.95 bits per heavy atom. The van der Waals surface area contributed by atoms with Gasteiger partial charge >= 0.3 is 0 Å². The van der Waals surface area contributed by atoms with Crippen LogP contribution in [0.15, 0.2) is 0 Å². The lowest BCUT2D eigenvalue weighted by atomic mass is 9.95. The number of nitrogens with zero attached hydrogens (tertiary/aromatic N) is 2. The number of piperidine rings is 1. The SMILES string of the molecule is CCN(CC)CC1CCN(C(=O)C(N)CCOC)CC1. The first kappa shape index (κ1) is 17.4. The molecule has 1 amide bonds. The molecule has 0 aromatic heterocycles. The highest BCUT2D eigenvalue weighted by molar-refractivity contribution is 5.81. The normalized spacial score (nSPS) is 18.6. The quantitative estimate of drug-likeness (QED) is 0.721. The zero-order chi connectivity index (χ0) is 15.0. The van der Waals surface area contributed by atoms with Gasteiger partial charge in [0.15, 0.2) is 0 Å². The van der Waals surface area contributed by atoms with E-state index < -0.39 is 6.04 Å². The van der Waals surface area contributed by atoms with Crippen molar-refractivity contribution >= 4 is 5.91 Å². The summed E-state index contributed by atoms with van der Waals surface area (Å²) in [6.45, 7) is 10.0. The summed E-state index contributed by atoms with van der Waals surface area (Å²) in [5, 5.41) is 0. The van der Waals surface area contributed by atoms with Crippen molar-refractivity contribution in [2.45, 2.75) is 39.2 Å². The molecule has 118 valence electrons. The molecule has 0 aliphatic carbocycles. The first-order valence-electron chi connectivity index (χ1n) is 7.88. The Morgan fingerprint density at radius 1 is 1.35 bits per heavy atom. The monoisotopic (exact) mass is 285 g/mol. The van der Waals surface area contributed by atoms with Crippen LogP contribution in [0.2, 0.25) is 0 Å². The molecule has 0 bridgehead atoms. The van der Waals surface area contributed by atoms with Crippen LogP contribution in [0.1, 0.15) is 33.1 Å². The van der Waals surface area contributed by atoms with E-state index in [0.717, 1.165) is 45.6 Å². The summed E-state index contributed by atoms with van der Waals surface area (Å²) in [6, 6.07) is -0.408. The molecule has 1 unspecified atom stereocenters. The van der Waals surface area contributed by atoms with E-state index in [1.807, 2.05) is 4.90 Å². The zero-order valence-electron chi connectivity index (χ0n) is 13.3. The van der Waals surface area contributed by atoms with Crippen molar-refractivity contribution in [3.05, 3.63) is 0 Å². The van der Waals surface area contributed by atoms with Gasteiger partial charge in [-0.05, 0) is 38.3 Å². The third-order valence-electron chi connectivity index (χ3n) is 4.29. The Balaban J connectivity index is 2.32. The van der Waals surface area contributed by atoms with Crippen molar-refractivity contribution < 1.29 is 9.53 Å². The molecule has 1 aliphatic heterocycles. The average molecular weight is 285 g/mol. The molecule has 5 heteroatoms. The Hall–Kier alpha value is -0.650. The van der Waals surface area contributed by atoms with Crippen LogP contribution in [0, 0.1) is 5.92 Å². The van der Waals surface area contributed by atoms with E-state index in [0.29, 0.717) is 18.9 Å². The number of carbonyl (C=O) groups excluding carboxylic acids is 1. The minimum Gasteiger partial charge on any atom is -0.385 e. The minimum atomic E-state index is -0.408. The fraction of sp³-hybridized carbons (Fsp3) is 0.933. The van der Waals surface area contributed by atoms with Gasteiger partial charge in [0.05, 0.1) is 6.04 Å². The number of methoxy groups -OCH3 is 1. The summed E-state index contributed by atoms with van der Waals surface area (Å²) >= 11 is 0. The van der Waals surface area contributed by atoms with Crippen molar-refractivity contribution in [2.24, 2.45) is 11.7 Å². The van der Waals surface area contributed by atoms with Gasteiger partial charge in [-0.2, -0.15) is 0 Å². The predicted octanol–water partition coefficient (Wildman–Crippen LogP) is 0.931. The largest absolute Gasteiger partial charge is 0.385 e. The van der Waals surface area contributed by atoms with Gasteiger partial charge in [-0.3, -0.25) is 4.79 Å². The third-order valence-corrected chi connectivity index (χ3v) is 4.29. The third kappa shape index (κ3) is 5.38. The lowest BCUT2D eigenvalue weighted by molar-refractivity contribution is -0.134. The van der Waals surface area contributed by atoms with Crippen LogP contribution in [-0.2, 0) is 9.53 Å². The van der Waals surface area contributed by atoms with Crippen molar-refractivity contribution in [2.75, 3.05) is 46.4 Å². The van der Waals surface area contributed by atoms with Gasteiger partial charge in [0, 0.05) is 33.4 Å². The van der Waals surface area contributed by atoms with Gasteiger partial charge in [0.1, 0.15) is 0 Å². The molecule has 1 saturated heterocycles. The number of carbonyl (C=O) groups is 1. The Bertz CT molecular complexity index is 274. The molecule has 1 rings (SSSR count). The van der Waals surface area contributed by atoms with Crippen LogP contribution >= 0.6 is 0 Å². The second-order valence-electron chi connectivity index (χ2n) is 5.64. The molecule has 2 N–H and O–H groups in total. The van der Waals surface area contributed by atoms with E-state index in [1.54, 1.807) is 7.11 Å². The van der Waals surface area contributed by atoms with E-state index >= 15 is 0 Å². The molecule has 0 saturated carbocycles. The van der Waals surface area contributed by atoms with Crippen molar-refractivity contribution in [1.82, 2.24) is 9.80 Å². The Labute approximate surface area is 123 Å². The molecule has 5 nitrogen and oxygen atoms in total. The molecule has 1 atom stereocenters. The summed E-state index contributed by atoms with van der Waals surface area (Å²) in [5.74, 6) is 0.803. The van der Waals surface area contributed by atoms with Gasteiger partial charge in [-0.15, -0.1) is 0 Å². The second-order valence-corrected chi connectivity index (χ2v) is 5.64. The van der Waals surface area contributed by atoms with E-state index in [2.05, 4.69) is 18.7 Å². The summed E-state index contributed by atoms with van der Waals surface area (Å²) in [6.07, 6.45) is 2.80. The summed E-state index contributed by atoms with van der Waals surface area (Å²) < 4.78 is 4.98. The Kier molecular flexibility index (Phi) is 8.11. The van der Waals surface area contributed by atoms with Gasteiger partial charge < -0.3 is 20.3 Å². The van der Waals surface area contributed by atoms with Crippen LogP contribution in [0.25, 0.3) is 0 Å². The van der Waals surface area contributed by atoms with E-state index in [9.17, 15) is 4.79 Å². The number of hydrogen-bond acceptors (Lipinski definition) is 4. The summed E-state index contributed by atoms with van der Waals surface area (Å²) in [7, 11) is 1.63. The average Bonchev–Trinajstić information content (AvgIpc) is 2.50. The molecular weight excluding hydrogens is 254 g/mol. The van der Waals surface area contributed by atoms with Gasteiger partial charge in [-0.1, -0.05) is 13.8 Å². The topological polar surface area (TPSA) is 58.8 Å². The van der Waals surface area contributed by atoms with Crippen molar-refractivity contribution in [3.63, 3.8) is 0 Å². The van der Waals surface area contributed by atoms with E-state index in [1.165, 1.54) is 0 Å². The zero-order valence-corrected chi connectivity index (χ0v) is 13.3. The molecule has 1 aliphatic rings. The predicted molar refractivity (Wildman–Crippen MR) is 81.6 cm³/mol. The van der Waals surface area contributed by atoms with Crippen molar-refractivity contribution in [1.29, 1.82) is 0 Å². The van der Waals surface area contributed by atoms with Crippen LogP contribution in [-0.4, -0.2) is 68.2 Å². The first-order chi connectivity index (χ1) is 9.62. The fourth-order valence-electron chi connectivity index (χ4n) is 2.79. The van der Waals surface area contributed by atoms with E-state index in [-0.39, 0.29) is 5.91 Å². The molecule has 0 spiro atoms. The van der Waals surface area contributed by atoms with Crippen LogP contribution in [0.3, 0.4) is 0 Å². The molecule has 0 aromatic carbocycles. The lowest BCUT2D eigenvalue weighted by Crippen LogP contribution is -2.48. The number of hydrogen-bond donors (Lipinski definition) is 1. The molecule has 0 aromatic rings. The van der Waals surface area contributed by atoms with Crippen LogP contribution < -0.4 is 5.73 Å². The Morgan fingerprint density at radius 3 is 2.45 bits per heavy atom. The smallest absolute Gasteiger partial charge is 0.239 e. The maximum absolute atomic E-state index is 12.2. The van der Waals surface area contributed by atoms with Gasteiger partial charge in [-0.25, -0.2) is 0 Å². The fourth-order valence-corrected chi connectivity index (χ4v) is 2.79. The molecule has 1 fully saturated rings. The van der Waals surface area contributed by atoms with E-state index in [4.69, 9.17) is 10.5 Å². The summed E-state index contributed by atoms with van der Waals surface area (Å²) in [5.41, 5.74) is 5.91. The van der Waals surface area contributed by atoms with Gasteiger partial charge in [0.2, 0.25) is 5.91 Å². The highest BCUT2D eigenvalue weighted by Gasteiger charge is 2.26. The second kappa shape index (κ2) is 9.32. The molecule has 0 radical (unpaired) electrons. The maximum Gasteiger partial charge on any atom is 0.239 e. The maximum atomic E-state index is 12.2. The number of amides is 1. The highest BCUT2D eigenvalue weighted by atomic mass is 16.5. The first-order valence-corrected chi connectivity index (χ1v) is 7.88. The lowest BCUT2D eigenvalue weighted by Gasteiger charge is -2.35. The number of likely N-dealkylation sites (tertiary alicyclic amines) is 1. The summed E-state index contributed by atoms with van der Waals surface area (Å²) in [4.78, 5) is 16.6. The van der Waals surface area contributed by atoms with Gasteiger partial charge in [0.25, 0.3) is 0 Å². The highest BCUT2D eigenvalue weighted by Crippen LogP contribution is 2.19. The number of nitrogens with two attached hydrogens (primary N) is 1.